The van der Waals surface area contributed by atoms with Crippen molar-refractivity contribution in [1.82, 2.24) is 14.9 Å². The molecule has 1 aromatic heterocycles. The minimum atomic E-state index is -1.00. The Bertz CT molecular complexity index is 767. The molecule has 0 saturated carbocycles. The van der Waals surface area contributed by atoms with E-state index >= 15 is 0 Å². The van der Waals surface area contributed by atoms with Gasteiger partial charge in [-0.3, -0.25) is 4.79 Å². The van der Waals surface area contributed by atoms with Gasteiger partial charge in [-0.15, -0.1) is 0 Å². The average molecular weight is 332 g/mol. The molecule has 9 nitrogen and oxygen atoms in total. The molecule has 0 atom stereocenters. The third-order valence-electron chi connectivity index (χ3n) is 3.42. The SMILES string of the molecule is Cc1nc([N+](=O)[O-])cn1CCC(=O)NCc1ccc(C(=O)O)cc1. The summed E-state index contributed by atoms with van der Waals surface area (Å²) in [6, 6.07) is 6.20. The number of aryl methyl sites for hydroxylation is 2. The van der Waals surface area contributed by atoms with Crippen LogP contribution in [0.1, 0.15) is 28.2 Å². The summed E-state index contributed by atoms with van der Waals surface area (Å²) in [5.74, 6) is -0.992. The van der Waals surface area contributed by atoms with E-state index in [4.69, 9.17) is 5.11 Å². The molecule has 0 unspecified atom stereocenters. The number of carbonyl (C=O) groups excluding carboxylic acids is 1. The summed E-state index contributed by atoms with van der Waals surface area (Å²) in [5.41, 5.74) is 0.963. The van der Waals surface area contributed by atoms with Crippen LogP contribution in [0.5, 0.6) is 0 Å². The van der Waals surface area contributed by atoms with E-state index in [9.17, 15) is 19.7 Å². The second kappa shape index (κ2) is 7.36. The number of rotatable bonds is 7. The molecular weight excluding hydrogens is 316 g/mol. The van der Waals surface area contributed by atoms with Gasteiger partial charge in [-0.1, -0.05) is 12.1 Å². The summed E-state index contributed by atoms with van der Waals surface area (Å²) in [7, 11) is 0. The highest BCUT2D eigenvalue weighted by Gasteiger charge is 2.15. The van der Waals surface area contributed by atoms with E-state index in [2.05, 4.69) is 10.3 Å². The van der Waals surface area contributed by atoms with Gasteiger partial charge >= 0.3 is 11.8 Å². The van der Waals surface area contributed by atoms with Crippen LogP contribution in [-0.4, -0.2) is 31.5 Å². The normalized spacial score (nSPS) is 10.4. The van der Waals surface area contributed by atoms with Crippen molar-refractivity contribution in [1.29, 1.82) is 0 Å². The highest BCUT2D eigenvalue weighted by atomic mass is 16.6. The van der Waals surface area contributed by atoms with Crippen LogP contribution < -0.4 is 5.32 Å². The Labute approximate surface area is 137 Å². The minimum Gasteiger partial charge on any atom is -0.478 e. The van der Waals surface area contributed by atoms with Crippen molar-refractivity contribution in [2.24, 2.45) is 0 Å². The summed E-state index contributed by atoms with van der Waals surface area (Å²) in [4.78, 5) is 36.4. The molecule has 0 spiro atoms. The fraction of sp³-hybridized carbons (Fsp3) is 0.267. The first-order chi connectivity index (χ1) is 11.4. The van der Waals surface area contributed by atoms with Crippen LogP contribution in [0.3, 0.4) is 0 Å². The summed E-state index contributed by atoms with van der Waals surface area (Å²) in [6.45, 7) is 2.20. The van der Waals surface area contributed by atoms with Crippen molar-refractivity contribution in [3.63, 3.8) is 0 Å². The highest BCUT2D eigenvalue weighted by Crippen LogP contribution is 2.10. The number of nitrogens with one attached hydrogen (secondary N) is 1. The predicted octanol–water partition coefficient (Wildman–Crippen LogP) is 1.50. The molecule has 0 radical (unpaired) electrons. The van der Waals surface area contributed by atoms with E-state index in [1.165, 1.54) is 18.3 Å². The molecule has 0 aliphatic heterocycles. The smallest absolute Gasteiger partial charge is 0.381 e. The maximum absolute atomic E-state index is 11.8. The first-order valence-electron chi connectivity index (χ1n) is 7.14. The van der Waals surface area contributed by atoms with Crippen molar-refractivity contribution in [2.75, 3.05) is 0 Å². The zero-order chi connectivity index (χ0) is 17.7. The average Bonchev–Trinajstić information content (AvgIpc) is 2.92. The van der Waals surface area contributed by atoms with Crippen LogP contribution in [0.25, 0.3) is 0 Å². The fourth-order valence-corrected chi connectivity index (χ4v) is 2.08. The topological polar surface area (TPSA) is 127 Å². The lowest BCUT2D eigenvalue weighted by Crippen LogP contribution is -2.24. The van der Waals surface area contributed by atoms with Gasteiger partial charge in [0, 0.05) is 26.4 Å². The Hall–Kier alpha value is -3.23. The molecule has 1 aromatic carbocycles. The van der Waals surface area contributed by atoms with Crippen molar-refractivity contribution < 1.29 is 19.6 Å². The number of nitrogens with zero attached hydrogens (tertiary/aromatic N) is 3. The molecule has 2 N–H and O–H groups in total. The Kier molecular flexibility index (Phi) is 5.25. The molecule has 0 aliphatic rings. The maximum Gasteiger partial charge on any atom is 0.381 e. The first kappa shape index (κ1) is 17.1. The largest absolute Gasteiger partial charge is 0.478 e. The number of carboxylic acid groups (broad SMARTS) is 1. The number of aromatic carboxylic acids is 1. The van der Waals surface area contributed by atoms with E-state index in [1.54, 1.807) is 23.6 Å². The lowest BCUT2D eigenvalue weighted by Gasteiger charge is -2.06. The zero-order valence-electron chi connectivity index (χ0n) is 12.9. The maximum atomic E-state index is 11.8. The van der Waals surface area contributed by atoms with Gasteiger partial charge in [-0.2, -0.15) is 0 Å². The molecule has 1 heterocycles. The second-order valence-corrected chi connectivity index (χ2v) is 5.13. The summed E-state index contributed by atoms with van der Waals surface area (Å²) in [6.07, 6.45) is 1.45. The number of benzene rings is 1. The summed E-state index contributed by atoms with van der Waals surface area (Å²) < 4.78 is 1.55. The molecule has 2 aromatic rings. The molecule has 0 saturated heterocycles. The quantitative estimate of drug-likeness (QED) is 0.584. The van der Waals surface area contributed by atoms with Gasteiger partial charge in [0.05, 0.1) is 5.56 Å². The number of carbonyl (C=O) groups is 2. The van der Waals surface area contributed by atoms with Gasteiger partial charge < -0.3 is 25.1 Å². The Morgan fingerprint density at radius 3 is 2.54 bits per heavy atom. The number of amides is 1. The van der Waals surface area contributed by atoms with Crippen LogP contribution in [0.4, 0.5) is 5.82 Å². The van der Waals surface area contributed by atoms with Gasteiger partial charge in [0.2, 0.25) is 11.7 Å². The van der Waals surface area contributed by atoms with Crippen molar-refractivity contribution >= 4 is 17.7 Å². The fourth-order valence-electron chi connectivity index (χ4n) is 2.08. The molecule has 9 heteroatoms. The molecule has 126 valence electrons. The van der Waals surface area contributed by atoms with Crippen LogP contribution in [-0.2, 0) is 17.9 Å². The summed E-state index contributed by atoms with van der Waals surface area (Å²) >= 11 is 0. The standard InChI is InChI=1S/C15H16N4O5/c1-10-17-13(19(23)24)9-18(10)7-6-14(20)16-8-11-2-4-12(5-3-11)15(21)22/h2-5,9H,6-8H2,1H3,(H,16,20)(H,21,22). The molecular formula is C15H16N4O5. The van der Waals surface area contributed by atoms with E-state index in [-0.39, 0.29) is 36.8 Å². The van der Waals surface area contributed by atoms with Crippen molar-refractivity contribution in [2.45, 2.75) is 26.4 Å². The zero-order valence-corrected chi connectivity index (χ0v) is 12.9. The van der Waals surface area contributed by atoms with Crippen LogP contribution >= 0.6 is 0 Å². The Morgan fingerprint density at radius 2 is 2.00 bits per heavy atom. The van der Waals surface area contributed by atoms with E-state index in [0.29, 0.717) is 5.82 Å². The van der Waals surface area contributed by atoms with Gasteiger partial charge in [0.15, 0.2) is 0 Å². The van der Waals surface area contributed by atoms with Gasteiger partial charge in [-0.25, -0.2) is 4.79 Å². The first-order valence-corrected chi connectivity index (χ1v) is 7.14. The van der Waals surface area contributed by atoms with Crippen molar-refractivity contribution in [3.05, 3.63) is 57.5 Å². The predicted molar refractivity (Wildman–Crippen MR) is 83.5 cm³/mol. The highest BCUT2D eigenvalue weighted by molar-refractivity contribution is 5.87. The molecule has 2 rings (SSSR count). The molecule has 0 bridgehead atoms. The summed E-state index contributed by atoms with van der Waals surface area (Å²) in [5, 5.41) is 22.2. The van der Waals surface area contributed by atoms with Crippen LogP contribution in [0.2, 0.25) is 0 Å². The number of imidazole rings is 1. The lowest BCUT2D eigenvalue weighted by atomic mass is 10.1. The number of nitro groups is 1. The lowest BCUT2D eigenvalue weighted by molar-refractivity contribution is -0.389. The third kappa shape index (κ3) is 4.38. The molecule has 0 fully saturated rings. The van der Waals surface area contributed by atoms with E-state index in [0.717, 1.165) is 5.56 Å². The number of hydrogen-bond acceptors (Lipinski definition) is 5. The Balaban J connectivity index is 1.83. The Morgan fingerprint density at radius 1 is 1.33 bits per heavy atom. The van der Waals surface area contributed by atoms with Crippen LogP contribution in [0.15, 0.2) is 30.5 Å². The second-order valence-electron chi connectivity index (χ2n) is 5.13. The van der Waals surface area contributed by atoms with E-state index < -0.39 is 10.9 Å². The molecule has 0 aliphatic carbocycles. The molecule has 1 amide bonds. The number of hydrogen-bond donors (Lipinski definition) is 2. The van der Waals surface area contributed by atoms with Crippen molar-refractivity contribution in [3.8, 4) is 0 Å². The van der Waals surface area contributed by atoms with Gasteiger partial charge in [0.1, 0.15) is 6.20 Å². The number of carboxylic acids is 1. The van der Waals surface area contributed by atoms with Gasteiger partial charge in [-0.05, 0) is 27.6 Å². The minimum absolute atomic E-state index is 0.154. The monoisotopic (exact) mass is 332 g/mol. The van der Waals surface area contributed by atoms with Crippen LogP contribution in [0, 0.1) is 17.0 Å². The third-order valence-corrected chi connectivity index (χ3v) is 3.42. The van der Waals surface area contributed by atoms with E-state index in [1.807, 2.05) is 0 Å². The molecule has 24 heavy (non-hydrogen) atoms. The number of aromatic nitrogens is 2. The van der Waals surface area contributed by atoms with Gasteiger partial charge in [0.25, 0.3) is 0 Å².